The Balaban J connectivity index is 1.72. The predicted molar refractivity (Wildman–Crippen MR) is 77.7 cm³/mol. The third-order valence-electron chi connectivity index (χ3n) is 3.38. The van der Waals surface area contributed by atoms with Crippen molar-refractivity contribution in [3.63, 3.8) is 0 Å². The van der Waals surface area contributed by atoms with Gasteiger partial charge in [0.25, 0.3) is 5.91 Å². The summed E-state index contributed by atoms with van der Waals surface area (Å²) in [5.74, 6) is 0.830. The fraction of sp³-hybridized carbons (Fsp3) is 0.188. The molecule has 3 rings (SSSR count). The number of nitrogens with zero attached hydrogens (tertiary/aromatic N) is 1. The van der Waals surface area contributed by atoms with Crippen LogP contribution in [0, 0.1) is 0 Å². The Labute approximate surface area is 117 Å². The second-order valence-electron chi connectivity index (χ2n) is 4.76. The quantitative estimate of drug-likeness (QED) is 0.791. The highest BCUT2D eigenvalue weighted by atomic mass is 16.3. The molecule has 1 N–H and O–H groups in total. The molecule has 20 heavy (non-hydrogen) atoms. The Hall–Kier alpha value is -2.49. The number of hydrogen-bond donors (Lipinski definition) is 1. The van der Waals surface area contributed by atoms with Crippen LogP contribution in [0.4, 0.5) is 0 Å². The van der Waals surface area contributed by atoms with E-state index in [4.69, 9.17) is 4.42 Å². The Bertz CT molecular complexity index is 726. The molecule has 0 radical (unpaired) electrons. The average Bonchev–Trinajstić information content (AvgIpc) is 3.08. The van der Waals surface area contributed by atoms with E-state index in [9.17, 15) is 4.79 Å². The maximum atomic E-state index is 12.2. The molecular formula is C16H16N2O2. The molecule has 1 aromatic carbocycles. The van der Waals surface area contributed by atoms with E-state index in [1.165, 1.54) is 0 Å². The summed E-state index contributed by atoms with van der Waals surface area (Å²) in [6, 6.07) is 11.7. The largest absolute Gasteiger partial charge is 0.469 e. The molecule has 0 aliphatic carbocycles. The maximum absolute atomic E-state index is 12.2. The molecule has 3 aromatic rings. The first-order chi connectivity index (χ1) is 9.75. The minimum absolute atomic E-state index is 0.0478. The van der Waals surface area contributed by atoms with Crippen LogP contribution in [0.3, 0.4) is 0 Å². The first kappa shape index (κ1) is 12.5. The summed E-state index contributed by atoms with van der Waals surface area (Å²) in [6.07, 6.45) is 4.21. The lowest BCUT2D eigenvalue weighted by Gasteiger charge is -2.02. The zero-order valence-electron chi connectivity index (χ0n) is 11.3. The van der Waals surface area contributed by atoms with Crippen molar-refractivity contribution in [2.75, 3.05) is 6.54 Å². The fourth-order valence-electron chi connectivity index (χ4n) is 2.37. The molecule has 4 heteroatoms. The number of nitrogens with one attached hydrogen (secondary N) is 1. The third kappa shape index (κ3) is 2.32. The van der Waals surface area contributed by atoms with Crippen molar-refractivity contribution in [2.45, 2.75) is 6.42 Å². The zero-order chi connectivity index (χ0) is 13.9. The van der Waals surface area contributed by atoms with Crippen LogP contribution in [0.1, 0.15) is 16.1 Å². The van der Waals surface area contributed by atoms with Gasteiger partial charge in [0.1, 0.15) is 5.76 Å². The van der Waals surface area contributed by atoms with Crippen molar-refractivity contribution in [1.29, 1.82) is 0 Å². The monoisotopic (exact) mass is 268 g/mol. The highest BCUT2D eigenvalue weighted by Crippen LogP contribution is 2.19. The number of aryl methyl sites for hydroxylation is 1. The molecule has 2 heterocycles. The van der Waals surface area contributed by atoms with Crippen molar-refractivity contribution >= 4 is 16.8 Å². The molecule has 1 amide bonds. The van der Waals surface area contributed by atoms with Crippen molar-refractivity contribution in [2.24, 2.45) is 7.05 Å². The summed E-state index contributed by atoms with van der Waals surface area (Å²) in [6.45, 7) is 0.565. The van der Waals surface area contributed by atoms with Crippen LogP contribution < -0.4 is 5.32 Å². The van der Waals surface area contributed by atoms with Crippen LogP contribution in [-0.4, -0.2) is 17.0 Å². The number of carbonyl (C=O) groups is 1. The van der Waals surface area contributed by atoms with Crippen molar-refractivity contribution in [1.82, 2.24) is 9.88 Å². The van der Waals surface area contributed by atoms with Crippen molar-refractivity contribution in [3.05, 3.63) is 60.2 Å². The highest BCUT2D eigenvalue weighted by Gasteiger charge is 2.12. The lowest BCUT2D eigenvalue weighted by atomic mass is 10.1. The number of para-hydroxylation sites is 1. The molecule has 0 spiro atoms. The summed E-state index contributed by atoms with van der Waals surface area (Å²) in [7, 11) is 1.95. The van der Waals surface area contributed by atoms with Gasteiger partial charge in [0.05, 0.1) is 11.8 Å². The predicted octanol–water partition coefficient (Wildman–Crippen LogP) is 2.74. The van der Waals surface area contributed by atoms with Crippen LogP contribution in [0.15, 0.2) is 53.3 Å². The number of benzene rings is 1. The van der Waals surface area contributed by atoms with Gasteiger partial charge in [-0.3, -0.25) is 4.79 Å². The molecule has 102 valence electrons. The van der Waals surface area contributed by atoms with Gasteiger partial charge in [-0.25, -0.2) is 0 Å². The highest BCUT2D eigenvalue weighted by molar-refractivity contribution is 6.06. The number of fused-ring (bicyclic) bond motifs is 1. The lowest BCUT2D eigenvalue weighted by Crippen LogP contribution is -2.25. The SMILES string of the molecule is Cn1cc(C(=O)NCCc2ccco2)c2ccccc21. The zero-order valence-corrected chi connectivity index (χ0v) is 11.3. The molecule has 2 aromatic heterocycles. The number of hydrogen-bond acceptors (Lipinski definition) is 2. The number of amides is 1. The number of aromatic nitrogens is 1. The second kappa shape index (κ2) is 5.25. The van der Waals surface area contributed by atoms with Crippen molar-refractivity contribution < 1.29 is 9.21 Å². The van der Waals surface area contributed by atoms with Crippen LogP contribution in [0.5, 0.6) is 0 Å². The van der Waals surface area contributed by atoms with E-state index in [2.05, 4.69) is 5.32 Å². The molecule has 0 aliphatic heterocycles. The van der Waals surface area contributed by atoms with Gasteiger partial charge in [-0.15, -0.1) is 0 Å². The van der Waals surface area contributed by atoms with Gasteiger partial charge in [-0.1, -0.05) is 18.2 Å². The molecule has 0 fully saturated rings. The smallest absolute Gasteiger partial charge is 0.253 e. The van der Waals surface area contributed by atoms with Gasteiger partial charge >= 0.3 is 0 Å². The van der Waals surface area contributed by atoms with E-state index < -0.39 is 0 Å². The molecule has 0 aliphatic rings. The number of furan rings is 1. The Morgan fingerprint density at radius 2 is 2.10 bits per heavy atom. The Morgan fingerprint density at radius 3 is 2.90 bits per heavy atom. The van der Waals surface area contributed by atoms with Gasteiger partial charge in [0.2, 0.25) is 0 Å². The second-order valence-corrected chi connectivity index (χ2v) is 4.76. The van der Waals surface area contributed by atoms with E-state index >= 15 is 0 Å². The van der Waals surface area contributed by atoms with Gasteiger partial charge in [-0.05, 0) is 18.2 Å². The van der Waals surface area contributed by atoms with Crippen molar-refractivity contribution in [3.8, 4) is 0 Å². The normalized spacial score (nSPS) is 10.8. The first-order valence-electron chi connectivity index (χ1n) is 6.60. The molecule has 0 unspecified atom stereocenters. The third-order valence-corrected chi connectivity index (χ3v) is 3.38. The van der Waals surface area contributed by atoms with E-state index in [-0.39, 0.29) is 5.91 Å². The molecule has 4 nitrogen and oxygen atoms in total. The first-order valence-corrected chi connectivity index (χ1v) is 6.60. The van der Waals surface area contributed by atoms with Crippen LogP contribution in [0.25, 0.3) is 10.9 Å². The Kier molecular flexibility index (Phi) is 3.29. The van der Waals surface area contributed by atoms with Crippen LogP contribution in [0.2, 0.25) is 0 Å². The average molecular weight is 268 g/mol. The summed E-state index contributed by atoms with van der Waals surface area (Å²) >= 11 is 0. The van der Waals surface area contributed by atoms with Gasteiger partial charge in [-0.2, -0.15) is 0 Å². The van der Waals surface area contributed by atoms with E-state index in [1.807, 2.05) is 54.2 Å². The fourth-order valence-corrected chi connectivity index (χ4v) is 2.37. The van der Waals surface area contributed by atoms with E-state index in [0.717, 1.165) is 16.7 Å². The number of carbonyl (C=O) groups excluding carboxylic acids is 1. The standard InChI is InChI=1S/C16H16N2O2/c1-18-11-14(13-6-2-3-7-15(13)18)16(19)17-9-8-12-5-4-10-20-12/h2-7,10-11H,8-9H2,1H3,(H,17,19). The number of rotatable bonds is 4. The minimum atomic E-state index is -0.0478. The maximum Gasteiger partial charge on any atom is 0.253 e. The molecule has 0 saturated carbocycles. The summed E-state index contributed by atoms with van der Waals surface area (Å²) < 4.78 is 7.21. The lowest BCUT2D eigenvalue weighted by molar-refractivity contribution is 0.0955. The van der Waals surface area contributed by atoms with Crippen LogP contribution >= 0.6 is 0 Å². The minimum Gasteiger partial charge on any atom is -0.469 e. The molecule has 0 saturated heterocycles. The summed E-state index contributed by atoms with van der Waals surface area (Å²) in [4.78, 5) is 12.2. The van der Waals surface area contributed by atoms with Gasteiger partial charge in [0, 0.05) is 37.1 Å². The van der Waals surface area contributed by atoms with Crippen LogP contribution in [-0.2, 0) is 13.5 Å². The summed E-state index contributed by atoms with van der Waals surface area (Å²) in [5, 5.41) is 3.91. The Morgan fingerprint density at radius 1 is 1.25 bits per heavy atom. The molecule has 0 atom stereocenters. The van der Waals surface area contributed by atoms with E-state index in [1.54, 1.807) is 6.26 Å². The van der Waals surface area contributed by atoms with Gasteiger partial charge < -0.3 is 14.3 Å². The van der Waals surface area contributed by atoms with E-state index in [0.29, 0.717) is 18.5 Å². The summed E-state index contributed by atoms with van der Waals surface area (Å²) in [5.41, 5.74) is 1.77. The molecule has 0 bridgehead atoms. The molecular weight excluding hydrogens is 252 g/mol. The van der Waals surface area contributed by atoms with Gasteiger partial charge in [0.15, 0.2) is 0 Å². The topological polar surface area (TPSA) is 47.2 Å².